The number of carbonyl (C=O) groups excluding carboxylic acids is 3. The third kappa shape index (κ3) is 2.31. The number of anilines is 2. The molecule has 1 spiro atoms. The molecule has 2 aromatic rings. The van der Waals surface area contributed by atoms with Gasteiger partial charge < -0.3 is 5.32 Å². The molecule has 164 valence electrons. The van der Waals surface area contributed by atoms with Crippen LogP contribution in [0.4, 0.5) is 11.4 Å². The maximum atomic E-state index is 14.0. The first-order valence-electron chi connectivity index (χ1n) is 10.8. The van der Waals surface area contributed by atoms with E-state index in [-0.39, 0.29) is 23.8 Å². The number of fused-ring (bicyclic) bond motifs is 7. The molecule has 6 nitrogen and oxygen atoms in total. The number of carbonyl (C=O) groups is 3. The molecule has 6 rings (SSSR count). The van der Waals surface area contributed by atoms with Crippen LogP contribution in [-0.4, -0.2) is 35.2 Å². The third-order valence-corrected chi connectivity index (χ3v) is 8.48. The Labute approximate surface area is 199 Å². The van der Waals surface area contributed by atoms with E-state index in [2.05, 4.69) is 26.1 Å². The van der Waals surface area contributed by atoms with Crippen molar-refractivity contribution in [1.82, 2.24) is 4.90 Å². The van der Waals surface area contributed by atoms with Crippen molar-refractivity contribution in [2.75, 3.05) is 16.8 Å². The molecule has 32 heavy (non-hydrogen) atoms. The lowest BCUT2D eigenvalue weighted by molar-refractivity contribution is -0.135. The van der Waals surface area contributed by atoms with Gasteiger partial charge in [0.1, 0.15) is 5.54 Å². The number of hydrogen-bond donors (Lipinski definition) is 1. The van der Waals surface area contributed by atoms with Crippen molar-refractivity contribution in [1.29, 1.82) is 0 Å². The molecular weight excluding hydrogens is 494 g/mol. The van der Waals surface area contributed by atoms with Crippen LogP contribution in [0.15, 0.2) is 34.8 Å². The second-order valence-corrected chi connectivity index (χ2v) is 10.5. The summed E-state index contributed by atoms with van der Waals surface area (Å²) < 4.78 is 0.687. The molecule has 0 aliphatic carbocycles. The number of amides is 3. The van der Waals surface area contributed by atoms with Gasteiger partial charge in [0, 0.05) is 16.1 Å². The highest BCUT2D eigenvalue weighted by Crippen LogP contribution is 2.61. The van der Waals surface area contributed by atoms with Crippen LogP contribution in [0.3, 0.4) is 0 Å². The molecule has 4 aliphatic heterocycles. The summed E-state index contributed by atoms with van der Waals surface area (Å²) in [4.78, 5) is 44.9. The van der Waals surface area contributed by atoms with Crippen LogP contribution in [0.25, 0.3) is 0 Å². The smallest absolute Gasteiger partial charge is 0.250 e. The normalized spacial score (nSPS) is 30.8. The predicted molar refractivity (Wildman–Crippen MR) is 125 cm³/mol. The first-order valence-corrected chi connectivity index (χ1v) is 12.0. The lowest BCUT2D eigenvalue weighted by atomic mass is 9.75. The molecule has 4 atom stereocenters. The molecule has 4 heterocycles. The summed E-state index contributed by atoms with van der Waals surface area (Å²) in [5.74, 6) is -2.15. The molecule has 0 unspecified atom stereocenters. The van der Waals surface area contributed by atoms with Gasteiger partial charge in [-0.1, -0.05) is 23.7 Å². The van der Waals surface area contributed by atoms with Gasteiger partial charge in [-0.05, 0) is 78.5 Å². The molecule has 3 saturated heterocycles. The second kappa shape index (κ2) is 6.65. The Balaban J connectivity index is 1.58. The first kappa shape index (κ1) is 20.4. The van der Waals surface area contributed by atoms with E-state index < -0.39 is 17.4 Å². The zero-order valence-electron chi connectivity index (χ0n) is 17.6. The highest BCUT2D eigenvalue weighted by Gasteiger charge is 2.74. The topological polar surface area (TPSA) is 69.7 Å². The van der Waals surface area contributed by atoms with Crippen LogP contribution in [0.2, 0.25) is 5.02 Å². The number of rotatable bonds is 1. The lowest BCUT2D eigenvalue weighted by Crippen LogP contribution is -2.54. The number of nitrogens with zero attached hydrogens (tertiary/aromatic N) is 2. The van der Waals surface area contributed by atoms with E-state index in [1.807, 2.05) is 38.1 Å². The molecule has 3 amide bonds. The fourth-order valence-electron chi connectivity index (χ4n) is 6.43. The standard InChI is InChI=1S/C24H21BrClN3O3/c1-11-5-6-16(14(25)9-11)29-21(30)18-17-4-3-7-28(17)24(19(18)22(29)31)13-8-12(2)10-15(26)20(13)27-23(24)32/h5-6,8-10,17-19H,3-4,7H2,1-2H3,(H,27,32)/t17-,18+,19-,24+/m0/s1. The predicted octanol–water partition coefficient (Wildman–Crippen LogP) is 4.15. The van der Waals surface area contributed by atoms with Crippen molar-refractivity contribution in [2.24, 2.45) is 11.8 Å². The van der Waals surface area contributed by atoms with Gasteiger partial charge in [-0.25, -0.2) is 4.90 Å². The molecule has 3 fully saturated rings. The van der Waals surface area contributed by atoms with Gasteiger partial charge in [-0.2, -0.15) is 0 Å². The van der Waals surface area contributed by atoms with Crippen molar-refractivity contribution in [3.63, 3.8) is 0 Å². The highest BCUT2D eigenvalue weighted by atomic mass is 79.9. The number of hydrogen-bond acceptors (Lipinski definition) is 4. The number of aryl methyl sites for hydroxylation is 2. The fraction of sp³-hybridized carbons (Fsp3) is 0.375. The molecule has 2 aromatic carbocycles. The van der Waals surface area contributed by atoms with Gasteiger partial charge in [0.2, 0.25) is 11.8 Å². The maximum Gasteiger partial charge on any atom is 0.250 e. The zero-order chi connectivity index (χ0) is 22.5. The Bertz CT molecular complexity index is 1250. The van der Waals surface area contributed by atoms with E-state index >= 15 is 0 Å². The summed E-state index contributed by atoms with van der Waals surface area (Å²) in [5, 5.41) is 3.41. The third-order valence-electron chi connectivity index (χ3n) is 7.54. The fourth-order valence-corrected chi connectivity index (χ4v) is 7.42. The van der Waals surface area contributed by atoms with Crippen LogP contribution in [0.5, 0.6) is 0 Å². The maximum absolute atomic E-state index is 14.0. The van der Waals surface area contributed by atoms with Crippen LogP contribution < -0.4 is 10.2 Å². The van der Waals surface area contributed by atoms with Crippen LogP contribution in [0.1, 0.15) is 29.5 Å². The summed E-state index contributed by atoms with van der Waals surface area (Å²) in [6.45, 7) is 4.55. The van der Waals surface area contributed by atoms with Gasteiger partial charge in [0.25, 0.3) is 5.91 Å². The molecule has 0 radical (unpaired) electrons. The van der Waals surface area contributed by atoms with Crippen molar-refractivity contribution in [2.45, 2.75) is 38.3 Å². The van der Waals surface area contributed by atoms with Gasteiger partial charge >= 0.3 is 0 Å². The van der Waals surface area contributed by atoms with Gasteiger partial charge in [-0.3, -0.25) is 19.3 Å². The van der Waals surface area contributed by atoms with E-state index in [9.17, 15) is 14.4 Å². The largest absolute Gasteiger partial charge is 0.323 e. The molecule has 0 saturated carbocycles. The monoisotopic (exact) mass is 513 g/mol. The van der Waals surface area contributed by atoms with E-state index in [1.54, 1.807) is 6.07 Å². The second-order valence-electron chi connectivity index (χ2n) is 9.26. The van der Waals surface area contributed by atoms with Crippen molar-refractivity contribution < 1.29 is 14.4 Å². The zero-order valence-corrected chi connectivity index (χ0v) is 20.0. The van der Waals surface area contributed by atoms with Gasteiger partial charge in [-0.15, -0.1) is 0 Å². The minimum Gasteiger partial charge on any atom is -0.323 e. The molecule has 0 aromatic heterocycles. The molecular formula is C24H21BrClN3O3. The molecule has 8 heteroatoms. The van der Waals surface area contributed by atoms with Crippen LogP contribution in [-0.2, 0) is 19.9 Å². The number of nitrogens with one attached hydrogen (secondary N) is 1. The van der Waals surface area contributed by atoms with Gasteiger partial charge in [0.05, 0.1) is 28.2 Å². The number of imide groups is 1. The van der Waals surface area contributed by atoms with E-state index in [1.165, 1.54) is 4.90 Å². The Kier molecular flexibility index (Phi) is 4.24. The highest BCUT2D eigenvalue weighted by molar-refractivity contribution is 9.10. The van der Waals surface area contributed by atoms with E-state index in [4.69, 9.17) is 11.6 Å². The quantitative estimate of drug-likeness (QED) is 0.581. The first-order chi connectivity index (χ1) is 15.3. The molecule has 1 N–H and O–H groups in total. The van der Waals surface area contributed by atoms with Crippen LogP contribution in [0, 0.1) is 25.7 Å². The SMILES string of the molecule is Cc1ccc(N2C(=O)[C@H]3[C@@H](C2=O)[C@]2(C(=O)Nc4c(Cl)cc(C)cc42)N2CCC[C@@H]32)c(Br)c1. The van der Waals surface area contributed by atoms with Gasteiger partial charge in [0.15, 0.2) is 0 Å². The van der Waals surface area contributed by atoms with Crippen molar-refractivity contribution >= 4 is 56.6 Å². The van der Waals surface area contributed by atoms with Crippen LogP contribution >= 0.6 is 27.5 Å². The average molecular weight is 515 g/mol. The molecule has 0 bridgehead atoms. The number of halogens is 2. The summed E-state index contributed by atoms with van der Waals surface area (Å²) in [6, 6.07) is 9.17. The number of benzene rings is 2. The van der Waals surface area contributed by atoms with E-state index in [0.29, 0.717) is 27.4 Å². The van der Waals surface area contributed by atoms with E-state index in [0.717, 1.165) is 29.5 Å². The van der Waals surface area contributed by atoms with Crippen molar-refractivity contribution in [3.05, 3.63) is 56.5 Å². The molecule has 4 aliphatic rings. The Morgan fingerprint density at radius 2 is 1.88 bits per heavy atom. The summed E-state index contributed by atoms with van der Waals surface area (Å²) in [6.07, 6.45) is 1.67. The minimum atomic E-state index is -1.21. The average Bonchev–Trinajstić information content (AvgIpc) is 3.42. The lowest BCUT2D eigenvalue weighted by Gasteiger charge is -2.36. The summed E-state index contributed by atoms with van der Waals surface area (Å²) in [5.41, 5.74) is 2.53. The minimum absolute atomic E-state index is 0.151. The van der Waals surface area contributed by atoms with Crippen molar-refractivity contribution in [3.8, 4) is 0 Å². The summed E-state index contributed by atoms with van der Waals surface area (Å²) >= 11 is 10.0. The Morgan fingerprint density at radius 3 is 2.62 bits per heavy atom. The summed E-state index contributed by atoms with van der Waals surface area (Å²) in [7, 11) is 0. The Morgan fingerprint density at radius 1 is 1.09 bits per heavy atom. The Hall–Kier alpha value is -2.22.